The third-order valence-electron chi connectivity index (χ3n) is 3.89. The van der Waals surface area contributed by atoms with Crippen molar-refractivity contribution in [1.29, 1.82) is 0 Å². The summed E-state index contributed by atoms with van der Waals surface area (Å²) in [4.78, 5) is 0. The summed E-state index contributed by atoms with van der Waals surface area (Å²) in [5.74, 6) is 1.73. The molecule has 3 nitrogen and oxygen atoms in total. The predicted octanol–water partition coefficient (Wildman–Crippen LogP) is 5.06. The Balaban J connectivity index is 1.71. The maximum Gasteiger partial charge on any atom is 0.119 e. The lowest BCUT2D eigenvalue weighted by Crippen LogP contribution is -1.92. The number of methoxy groups -OCH3 is 1. The largest absolute Gasteiger partial charge is 0.497 e. The van der Waals surface area contributed by atoms with Crippen molar-refractivity contribution in [2.24, 2.45) is 0 Å². The highest BCUT2D eigenvalue weighted by atomic mass is 32.2. The van der Waals surface area contributed by atoms with Crippen LogP contribution in [0.3, 0.4) is 0 Å². The Labute approximate surface area is 147 Å². The van der Waals surface area contributed by atoms with Crippen LogP contribution in [0.2, 0.25) is 0 Å². The summed E-state index contributed by atoms with van der Waals surface area (Å²) in [5, 5.41) is 9.63. The molecule has 122 valence electrons. The number of hydrogen-bond donors (Lipinski definition) is 0. The fraction of sp³-hybridized carbons (Fsp3) is 0.200. The first-order chi connectivity index (χ1) is 11.7. The molecule has 0 amide bonds. The van der Waals surface area contributed by atoms with Gasteiger partial charge in [-0.2, -0.15) is 0 Å². The van der Waals surface area contributed by atoms with Gasteiger partial charge in [0.1, 0.15) is 10.8 Å². The molecular weight excluding hydrogens is 316 g/mol. The van der Waals surface area contributed by atoms with E-state index in [1.165, 1.54) is 16.7 Å². The molecule has 4 heteroatoms. The summed E-state index contributed by atoms with van der Waals surface area (Å²) >= 11 is 1.71. The molecule has 0 bridgehead atoms. The van der Waals surface area contributed by atoms with Gasteiger partial charge in [-0.05, 0) is 49.2 Å². The third kappa shape index (κ3) is 3.95. The van der Waals surface area contributed by atoms with Crippen molar-refractivity contribution >= 4 is 11.8 Å². The van der Waals surface area contributed by atoms with Gasteiger partial charge in [0.05, 0.1) is 12.8 Å². The average Bonchev–Trinajstić information content (AvgIpc) is 2.63. The van der Waals surface area contributed by atoms with E-state index in [9.17, 15) is 0 Å². The van der Waals surface area contributed by atoms with E-state index in [1.807, 2.05) is 36.4 Å². The van der Waals surface area contributed by atoms with Gasteiger partial charge in [0, 0.05) is 11.3 Å². The number of nitrogens with zero attached hydrogens (tertiary/aromatic N) is 2. The molecule has 0 saturated carbocycles. The van der Waals surface area contributed by atoms with Crippen molar-refractivity contribution in [2.45, 2.75) is 24.6 Å². The Morgan fingerprint density at radius 1 is 0.958 bits per heavy atom. The molecular formula is C20H20N2OS. The number of thioether (sulfide) groups is 1. The maximum atomic E-state index is 5.26. The summed E-state index contributed by atoms with van der Waals surface area (Å²) in [6.07, 6.45) is 0. The minimum atomic E-state index is 0.822. The molecule has 24 heavy (non-hydrogen) atoms. The summed E-state index contributed by atoms with van der Waals surface area (Å²) in [5.41, 5.74) is 5.81. The third-order valence-corrected chi connectivity index (χ3v) is 4.85. The van der Waals surface area contributed by atoms with Crippen molar-refractivity contribution in [3.63, 3.8) is 0 Å². The van der Waals surface area contributed by atoms with Gasteiger partial charge in [0.2, 0.25) is 0 Å². The zero-order valence-corrected chi connectivity index (χ0v) is 14.9. The lowest BCUT2D eigenvalue weighted by atomic mass is 10.1. The zero-order chi connectivity index (χ0) is 16.9. The van der Waals surface area contributed by atoms with Gasteiger partial charge >= 0.3 is 0 Å². The van der Waals surface area contributed by atoms with Crippen LogP contribution < -0.4 is 4.74 Å². The van der Waals surface area contributed by atoms with Gasteiger partial charge in [-0.1, -0.05) is 47.7 Å². The SMILES string of the molecule is COc1cccc(-c2ccc(SCc3cc(C)ccc3C)nn2)c1. The van der Waals surface area contributed by atoms with Crippen molar-refractivity contribution in [3.8, 4) is 17.0 Å². The van der Waals surface area contributed by atoms with Gasteiger partial charge in [-0.25, -0.2) is 0 Å². The van der Waals surface area contributed by atoms with Crippen LogP contribution >= 0.6 is 11.8 Å². The standard InChI is InChI=1S/C20H20N2OS/c1-14-7-8-15(2)17(11-14)13-24-20-10-9-19(21-22-20)16-5-4-6-18(12-16)23-3/h4-12H,13H2,1-3H3. The summed E-state index contributed by atoms with van der Waals surface area (Å²) < 4.78 is 5.26. The fourth-order valence-electron chi connectivity index (χ4n) is 2.44. The molecule has 3 rings (SSSR count). The van der Waals surface area contributed by atoms with E-state index in [2.05, 4.69) is 42.2 Å². The second kappa shape index (κ2) is 7.49. The van der Waals surface area contributed by atoms with Crippen LogP contribution in [0.25, 0.3) is 11.3 Å². The van der Waals surface area contributed by atoms with Crippen molar-refractivity contribution in [3.05, 3.63) is 71.3 Å². The minimum absolute atomic E-state index is 0.822. The highest BCUT2D eigenvalue weighted by molar-refractivity contribution is 7.98. The number of aromatic nitrogens is 2. The van der Waals surface area contributed by atoms with Crippen LogP contribution in [0.5, 0.6) is 5.75 Å². The second-order valence-corrected chi connectivity index (χ2v) is 6.70. The van der Waals surface area contributed by atoms with E-state index in [4.69, 9.17) is 4.74 Å². The van der Waals surface area contributed by atoms with E-state index >= 15 is 0 Å². The minimum Gasteiger partial charge on any atom is -0.497 e. The van der Waals surface area contributed by atoms with Crippen LogP contribution in [0.15, 0.2) is 59.6 Å². The van der Waals surface area contributed by atoms with E-state index in [1.54, 1.807) is 18.9 Å². The number of hydrogen-bond acceptors (Lipinski definition) is 4. The Morgan fingerprint density at radius 2 is 1.83 bits per heavy atom. The molecule has 0 N–H and O–H groups in total. The molecule has 3 aromatic rings. The lowest BCUT2D eigenvalue weighted by molar-refractivity contribution is 0.415. The van der Waals surface area contributed by atoms with Crippen molar-refractivity contribution < 1.29 is 4.74 Å². The number of aryl methyl sites for hydroxylation is 2. The van der Waals surface area contributed by atoms with Crippen molar-refractivity contribution in [1.82, 2.24) is 10.2 Å². The topological polar surface area (TPSA) is 35.0 Å². The smallest absolute Gasteiger partial charge is 0.119 e. The highest BCUT2D eigenvalue weighted by Crippen LogP contribution is 2.26. The molecule has 0 saturated heterocycles. The number of ether oxygens (including phenoxy) is 1. The fourth-order valence-corrected chi connectivity index (χ4v) is 3.32. The van der Waals surface area contributed by atoms with Crippen LogP contribution in [0, 0.1) is 13.8 Å². The Kier molecular flexibility index (Phi) is 5.16. The Morgan fingerprint density at radius 3 is 2.58 bits per heavy atom. The molecule has 1 heterocycles. The zero-order valence-electron chi connectivity index (χ0n) is 14.1. The Bertz CT molecular complexity index is 831. The monoisotopic (exact) mass is 336 g/mol. The number of rotatable bonds is 5. The van der Waals surface area contributed by atoms with Crippen LogP contribution in [0.1, 0.15) is 16.7 Å². The van der Waals surface area contributed by atoms with Gasteiger partial charge in [0.15, 0.2) is 0 Å². The lowest BCUT2D eigenvalue weighted by Gasteiger charge is -2.07. The molecule has 0 aliphatic heterocycles. The summed E-state index contributed by atoms with van der Waals surface area (Å²) in [7, 11) is 1.66. The molecule has 1 aromatic heterocycles. The summed E-state index contributed by atoms with van der Waals surface area (Å²) in [6, 6.07) is 18.4. The van der Waals surface area contributed by atoms with E-state index < -0.39 is 0 Å². The average molecular weight is 336 g/mol. The molecule has 2 aromatic carbocycles. The first-order valence-electron chi connectivity index (χ1n) is 7.83. The van der Waals surface area contributed by atoms with Gasteiger partial charge < -0.3 is 4.74 Å². The molecule has 0 unspecified atom stereocenters. The maximum absolute atomic E-state index is 5.26. The van der Waals surface area contributed by atoms with Crippen LogP contribution in [0.4, 0.5) is 0 Å². The van der Waals surface area contributed by atoms with Crippen LogP contribution in [-0.2, 0) is 5.75 Å². The molecule has 0 spiro atoms. The first-order valence-corrected chi connectivity index (χ1v) is 8.81. The molecule has 0 fully saturated rings. The number of benzene rings is 2. The van der Waals surface area contributed by atoms with E-state index in [-0.39, 0.29) is 0 Å². The molecule has 0 aliphatic carbocycles. The van der Waals surface area contributed by atoms with Gasteiger partial charge in [-0.3, -0.25) is 0 Å². The first kappa shape index (κ1) is 16.5. The second-order valence-electron chi connectivity index (χ2n) is 5.71. The van der Waals surface area contributed by atoms with Crippen molar-refractivity contribution in [2.75, 3.05) is 7.11 Å². The normalized spacial score (nSPS) is 10.6. The Hall–Kier alpha value is -2.33. The predicted molar refractivity (Wildman–Crippen MR) is 99.5 cm³/mol. The van der Waals surface area contributed by atoms with E-state index in [0.717, 1.165) is 27.8 Å². The van der Waals surface area contributed by atoms with Crippen LogP contribution in [-0.4, -0.2) is 17.3 Å². The molecule has 0 radical (unpaired) electrons. The quantitative estimate of drug-likeness (QED) is 0.610. The van der Waals surface area contributed by atoms with E-state index in [0.29, 0.717) is 0 Å². The van der Waals surface area contributed by atoms with Gasteiger partial charge in [0.25, 0.3) is 0 Å². The molecule has 0 aliphatic rings. The summed E-state index contributed by atoms with van der Waals surface area (Å²) in [6.45, 7) is 4.27. The highest BCUT2D eigenvalue weighted by Gasteiger charge is 2.05. The van der Waals surface area contributed by atoms with Gasteiger partial charge in [-0.15, -0.1) is 10.2 Å². The molecule has 0 atom stereocenters.